The summed E-state index contributed by atoms with van der Waals surface area (Å²) in [6, 6.07) is 37.6. The van der Waals surface area contributed by atoms with E-state index in [2.05, 4.69) is 40.9 Å². The second-order valence-electron chi connectivity index (χ2n) is 14.1. The van der Waals surface area contributed by atoms with E-state index in [9.17, 15) is 46.4 Å². The van der Waals surface area contributed by atoms with Crippen molar-refractivity contribution < 1.29 is 46.4 Å². The summed E-state index contributed by atoms with van der Waals surface area (Å²) in [7, 11) is -9.87. The number of fused-ring (bicyclic) bond motifs is 2. The lowest BCUT2D eigenvalue weighted by Gasteiger charge is -2.07. The molecule has 8 rings (SSSR count). The van der Waals surface area contributed by atoms with E-state index in [-0.39, 0.29) is 45.3 Å². The summed E-state index contributed by atoms with van der Waals surface area (Å²) >= 11 is 0. The number of azo groups is 4. The third-order valence-electron chi connectivity index (χ3n) is 9.80. The number of hydrogen-bond acceptors (Lipinski definition) is 16. The maximum atomic E-state index is 12.5. The molecule has 6 N–H and O–H groups in total. The minimum atomic E-state index is -4.93. The van der Waals surface area contributed by atoms with Gasteiger partial charge in [0.2, 0.25) is 0 Å². The van der Waals surface area contributed by atoms with E-state index in [1.54, 1.807) is 24.3 Å². The Hall–Kier alpha value is -8.56. The third-order valence-corrected chi connectivity index (χ3v) is 11.6. The highest BCUT2D eigenvalue weighted by Gasteiger charge is 2.19. The van der Waals surface area contributed by atoms with Gasteiger partial charge in [0.25, 0.3) is 20.2 Å². The summed E-state index contributed by atoms with van der Waals surface area (Å²) in [6.45, 7) is 0. The molecule has 0 amide bonds. The van der Waals surface area contributed by atoms with Crippen LogP contribution in [0.15, 0.2) is 196 Å². The zero-order valence-corrected chi connectivity index (χ0v) is 35.4. The number of phenolic OH excluding ortho intramolecular Hbond substituents is 4. The second-order valence-corrected chi connectivity index (χ2v) is 16.9. The van der Waals surface area contributed by atoms with Gasteiger partial charge < -0.3 is 20.4 Å². The Labute approximate surface area is 374 Å². The smallest absolute Gasteiger partial charge is 0.295 e. The van der Waals surface area contributed by atoms with Crippen LogP contribution < -0.4 is 0 Å². The number of benzene rings is 8. The molecule has 0 atom stereocenters. The molecule has 0 spiro atoms. The SMILES string of the molecule is O=S(=O)(O)c1cc(N=Nc2ccc(O)c(N=Nc3cccc4ccccc34)c2O)ccc1C=Cc1ccc(N=Nc2ccc(O)c(N=Nc3cccc4ccccc34)c2O)cc1S(=O)(=O)O. The van der Waals surface area contributed by atoms with Crippen molar-refractivity contribution in [1.82, 2.24) is 0 Å². The Morgan fingerprint density at radius 3 is 1.17 bits per heavy atom. The highest BCUT2D eigenvalue weighted by molar-refractivity contribution is 7.86. The molecule has 0 saturated heterocycles. The lowest BCUT2D eigenvalue weighted by atomic mass is 10.1. The molecule has 0 aliphatic heterocycles. The summed E-state index contributed by atoms with van der Waals surface area (Å²) in [5.41, 5.74) is -0.438. The normalized spacial score (nSPS) is 12.6. The van der Waals surface area contributed by atoms with E-state index in [1.807, 2.05) is 60.7 Å². The van der Waals surface area contributed by atoms with Crippen LogP contribution in [0.4, 0.5) is 45.5 Å². The van der Waals surface area contributed by atoms with E-state index in [4.69, 9.17) is 0 Å². The lowest BCUT2D eigenvalue weighted by molar-refractivity contribution is 0.452. The van der Waals surface area contributed by atoms with E-state index in [0.29, 0.717) is 11.4 Å². The highest BCUT2D eigenvalue weighted by atomic mass is 32.2. The van der Waals surface area contributed by atoms with Gasteiger partial charge in [-0.25, -0.2) is 0 Å². The van der Waals surface area contributed by atoms with Crippen LogP contribution >= 0.6 is 0 Å². The van der Waals surface area contributed by atoms with E-state index in [0.717, 1.165) is 45.8 Å². The monoisotopic (exact) mass is 920 g/mol. The third kappa shape index (κ3) is 9.66. The number of rotatable bonds is 12. The van der Waals surface area contributed by atoms with Crippen molar-refractivity contribution in [3.8, 4) is 23.0 Å². The van der Waals surface area contributed by atoms with Crippen molar-refractivity contribution in [3.05, 3.63) is 157 Å². The van der Waals surface area contributed by atoms with Gasteiger partial charge in [0.05, 0.1) is 22.7 Å². The van der Waals surface area contributed by atoms with Gasteiger partial charge in [0, 0.05) is 10.8 Å². The summed E-state index contributed by atoms with van der Waals surface area (Å²) in [5, 5.41) is 78.5. The van der Waals surface area contributed by atoms with Crippen LogP contribution in [0.1, 0.15) is 11.1 Å². The van der Waals surface area contributed by atoms with Crippen molar-refractivity contribution in [2.75, 3.05) is 0 Å². The summed E-state index contributed by atoms with van der Waals surface area (Å²) in [5.74, 6) is -1.97. The fourth-order valence-corrected chi connectivity index (χ4v) is 7.98. The molecule has 328 valence electrons. The Morgan fingerprint density at radius 2 is 0.758 bits per heavy atom. The van der Waals surface area contributed by atoms with Crippen molar-refractivity contribution >= 4 is 99.4 Å². The van der Waals surface area contributed by atoms with Gasteiger partial charge in [-0.1, -0.05) is 97.1 Å². The topological polar surface area (TPSA) is 289 Å². The van der Waals surface area contributed by atoms with Crippen molar-refractivity contribution in [1.29, 1.82) is 0 Å². The molecular formula is C46H32N8O10S2. The van der Waals surface area contributed by atoms with Gasteiger partial charge in [0.15, 0.2) is 22.9 Å². The minimum Gasteiger partial charge on any atom is -0.505 e. The number of aromatic hydroxyl groups is 4. The Balaban J connectivity index is 1.03. The average Bonchev–Trinajstić information content (AvgIpc) is 3.30. The molecule has 0 bridgehead atoms. The molecule has 8 aromatic carbocycles. The molecule has 0 aliphatic rings. The number of nitrogens with zero attached hydrogens (tertiary/aromatic N) is 8. The Kier molecular flexibility index (Phi) is 12.2. The molecule has 0 aromatic heterocycles. The van der Waals surface area contributed by atoms with E-state index in [1.165, 1.54) is 48.5 Å². The van der Waals surface area contributed by atoms with Crippen LogP contribution in [0, 0.1) is 0 Å². The van der Waals surface area contributed by atoms with Gasteiger partial charge in [-0.05, 0) is 82.6 Å². The summed E-state index contributed by atoms with van der Waals surface area (Å²) < 4.78 is 70.4. The standard InChI is InChI=1S/C46H32N8O10S2/c55-39-23-21-37(45(57)43(39)53-49-35-13-5-9-27-7-1-3-11-33(27)35)51-47-31-19-17-29(41(25-31)65(59,60)61)15-16-30-18-20-32(26-42(30)66(62,63)64)48-52-38-22-24-40(56)44(46(38)58)54-50-36-14-6-10-28-8-2-4-12-34(28)36/h1-26,55-58H,(H,59,60,61)(H,62,63,64). The van der Waals surface area contributed by atoms with Gasteiger partial charge in [-0.3, -0.25) is 9.11 Å². The van der Waals surface area contributed by atoms with Gasteiger partial charge in [-0.2, -0.15) is 27.1 Å². The van der Waals surface area contributed by atoms with Crippen LogP contribution in [0.3, 0.4) is 0 Å². The predicted octanol–water partition coefficient (Wildman–Crippen LogP) is 13.1. The molecule has 8 aromatic rings. The average molecular weight is 921 g/mol. The molecule has 20 heteroatoms. The fourth-order valence-electron chi connectivity index (χ4n) is 6.57. The van der Waals surface area contributed by atoms with Crippen LogP contribution in [-0.4, -0.2) is 46.4 Å². The lowest BCUT2D eigenvalue weighted by Crippen LogP contribution is -2.01. The molecule has 0 saturated carbocycles. The van der Waals surface area contributed by atoms with Crippen LogP contribution in [-0.2, 0) is 20.2 Å². The first-order valence-electron chi connectivity index (χ1n) is 19.3. The van der Waals surface area contributed by atoms with Crippen LogP contribution in [0.2, 0.25) is 0 Å². The maximum Gasteiger partial charge on any atom is 0.295 e. The van der Waals surface area contributed by atoms with Gasteiger partial charge in [0.1, 0.15) is 32.7 Å². The first kappa shape index (κ1) is 44.1. The first-order chi connectivity index (χ1) is 31.6. The Bertz CT molecular complexity index is 3370. The first-order valence-corrected chi connectivity index (χ1v) is 22.2. The number of phenols is 4. The number of hydrogen-bond donors (Lipinski definition) is 6. The van der Waals surface area contributed by atoms with Crippen LogP contribution in [0.5, 0.6) is 23.0 Å². The zero-order chi connectivity index (χ0) is 46.6. The molecule has 18 nitrogen and oxygen atoms in total. The molecule has 0 fully saturated rings. The fraction of sp³-hybridized carbons (Fsp3) is 0. The van der Waals surface area contributed by atoms with Gasteiger partial charge in [-0.15, -0.1) is 30.7 Å². The Morgan fingerprint density at radius 1 is 0.379 bits per heavy atom. The summed E-state index contributed by atoms with van der Waals surface area (Å²) in [4.78, 5) is -1.31. The van der Waals surface area contributed by atoms with Crippen molar-refractivity contribution in [2.24, 2.45) is 40.9 Å². The van der Waals surface area contributed by atoms with E-state index < -0.39 is 53.0 Å². The maximum absolute atomic E-state index is 12.5. The second kappa shape index (κ2) is 18.3. The predicted molar refractivity (Wildman–Crippen MR) is 246 cm³/mol. The molecule has 0 radical (unpaired) electrons. The molecule has 0 heterocycles. The van der Waals surface area contributed by atoms with Crippen molar-refractivity contribution in [3.63, 3.8) is 0 Å². The van der Waals surface area contributed by atoms with E-state index >= 15 is 0 Å². The minimum absolute atomic E-state index is 0.0980. The van der Waals surface area contributed by atoms with Crippen molar-refractivity contribution in [2.45, 2.75) is 9.79 Å². The molecular weight excluding hydrogens is 889 g/mol. The highest BCUT2D eigenvalue weighted by Crippen LogP contribution is 2.46. The zero-order valence-electron chi connectivity index (χ0n) is 33.7. The summed E-state index contributed by atoms with van der Waals surface area (Å²) in [6.07, 6.45) is 2.33. The molecule has 66 heavy (non-hydrogen) atoms. The van der Waals surface area contributed by atoms with Crippen LogP contribution in [0.25, 0.3) is 33.7 Å². The van der Waals surface area contributed by atoms with Gasteiger partial charge >= 0.3 is 0 Å². The molecule has 0 aliphatic carbocycles. The molecule has 0 unspecified atom stereocenters. The quantitative estimate of drug-likeness (QED) is 0.0382. The largest absolute Gasteiger partial charge is 0.505 e.